The maximum Gasteiger partial charge on any atom is 0.224 e. The molecule has 2 nitrogen and oxygen atoms in total. The molecule has 0 fully saturated rings. The van der Waals surface area contributed by atoms with Crippen molar-refractivity contribution in [3.63, 3.8) is 0 Å². The molecular weight excluding hydrogens is 347 g/mol. The van der Waals surface area contributed by atoms with Crippen LogP contribution >= 0.6 is 15.9 Å². The van der Waals surface area contributed by atoms with Crippen LogP contribution in [0.5, 0.6) is 0 Å². The quantitative estimate of drug-likeness (QED) is 0.474. The second-order valence-corrected chi connectivity index (χ2v) is 5.65. The first-order chi connectivity index (χ1) is 10.0. The van der Waals surface area contributed by atoms with Crippen molar-refractivity contribution >= 4 is 27.5 Å². The van der Waals surface area contributed by atoms with E-state index in [1.807, 2.05) is 0 Å². The molecule has 1 amide bonds. The first-order valence-corrected chi connectivity index (χ1v) is 8.17. The maximum absolute atomic E-state index is 13.3. The van der Waals surface area contributed by atoms with Gasteiger partial charge in [0.1, 0.15) is 11.5 Å². The molecule has 0 saturated heterocycles. The molecule has 0 unspecified atom stereocenters. The fourth-order valence-electron chi connectivity index (χ4n) is 1.95. The van der Waals surface area contributed by atoms with E-state index in [0.29, 0.717) is 18.6 Å². The van der Waals surface area contributed by atoms with E-state index in [0.717, 1.165) is 37.4 Å². The average molecular weight is 366 g/mol. The summed E-state index contributed by atoms with van der Waals surface area (Å²) in [5.41, 5.74) is -0.585. The molecule has 1 aromatic rings. The molecule has 1 rings (SSSR count). The second-order valence-electron chi connectivity index (χ2n) is 4.85. The summed E-state index contributed by atoms with van der Waals surface area (Å²) < 4.78 is 39.4. The molecule has 0 aliphatic rings. The highest BCUT2D eigenvalue weighted by Gasteiger charge is 2.13. The van der Waals surface area contributed by atoms with Gasteiger partial charge in [-0.25, -0.2) is 13.2 Å². The standard InChI is InChI=1S/C15H19BrF3NO/c16-8-6-4-2-1-3-5-7-14(21)20-15-12(18)9-11(17)10-13(15)19/h9-10H,1-8H2,(H,20,21). The van der Waals surface area contributed by atoms with Crippen LogP contribution in [0.25, 0.3) is 0 Å². The maximum atomic E-state index is 13.3. The van der Waals surface area contributed by atoms with Crippen LogP contribution in [0.1, 0.15) is 44.9 Å². The van der Waals surface area contributed by atoms with Gasteiger partial charge in [-0.15, -0.1) is 0 Å². The Labute approximate surface area is 131 Å². The number of halogens is 4. The molecule has 0 spiro atoms. The minimum absolute atomic E-state index is 0.203. The largest absolute Gasteiger partial charge is 0.321 e. The van der Waals surface area contributed by atoms with E-state index in [1.165, 1.54) is 0 Å². The molecule has 0 saturated carbocycles. The van der Waals surface area contributed by atoms with Crippen LogP contribution < -0.4 is 5.32 Å². The van der Waals surface area contributed by atoms with Crippen LogP contribution in [-0.2, 0) is 4.79 Å². The number of rotatable bonds is 9. The van der Waals surface area contributed by atoms with E-state index >= 15 is 0 Å². The van der Waals surface area contributed by atoms with Gasteiger partial charge < -0.3 is 5.32 Å². The van der Waals surface area contributed by atoms with Gasteiger partial charge in [-0.2, -0.15) is 0 Å². The van der Waals surface area contributed by atoms with Gasteiger partial charge in [0.15, 0.2) is 11.6 Å². The summed E-state index contributed by atoms with van der Waals surface area (Å²) in [5.74, 6) is -3.67. The van der Waals surface area contributed by atoms with Crippen LogP contribution in [0.3, 0.4) is 0 Å². The topological polar surface area (TPSA) is 29.1 Å². The lowest BCUT2D eigenvalue weighted by molar-refractivity contribution is -0.116. The van der Waals surface area contributed by atoms with Gasteiger partial charge in [0.05, 0.1) is 0 Å². The van der Waals surface area contributed by atoms with Crippen LogP contribution in [-0.4, -0.2) is 11.2 Å². The van der Waals surface area contributed by atoms with E-state index in [1.54, 1.807) is 0 Å². The summed E-state index contributed by atoms with van der Waals surface area (Å²) >= 11 is 3.36. The summed E-state index contributed by atoms with van der Waals surface area (Å²) in [6.45, 7) is 0. The zero-order chi connectivity index (χ0) is 15.7. The molecule has 0 radical (unpaired) electrons. The molecule has 21 heavy (non-hydrogen) atoms. The molecule has 0 aromatic heterocycles. The molecule has 0 aliphatic heterocycles. The van der Waals surface area contributed by atoms with Crippen LogP contribution in [0.2, 0.25) is 0 Å². The second kappa shape index (κ2) is 9.82. The van der Waals surface area contributed by atoms with Crippen molar-refractivity contribution in [3.05, 3.63) is 29.6 Å². The van der Waals surface area contributed by atoms with Gasteiger partial charge in [-0.1, -0.05) is 41.6 Å². The Bertz CT molecular complexity index is 445. The monoisotopic (exact) mass is 365 g/mol. The van der Waals surface area contributed by atoms with E-state index in [4.69, 9.17) is 0 Å². The Hall–Kier alpha value is -1.04. The van der Waals surface area contributed by atoms with Crippen LogP contribution in [0.15, 0.2) is 12.1 Å². The van der Waals surface area contributed by atoms with Gasteiger partial charge in [0.25, 0.3) is 0 Å². The van der Waals surface area contributed by atoms with Crippen LogP contribution in [0.4, 0.5) is 18.9 Å². The predicted octanol–water partition coefficient (Wildman–Crippen LogP) is 5.17. The zero-order valence-corrected chi connectivity index (χ0v) is 13.3. The van der Waals surface area contributed by atoms with E-state index in [-0.39, 0.29) is 6.42 Å². The molecule has 1 aromatic carbocycles. The summed E-state index contributed by atoms with van der Waals surface area (Å²) in [5, 5.41) is 3.16. The van der Waals surface area contributed by atoms with E-state index < -0.39 is 29.0 Å². The highest BCUT2D eigenvalue weighted by Crippen LogP contribution is 2.20. The zero-order valence-electron chi connectivity index (χ0n) is 11.7. The number of nitrogens with one attached hydrogen (secondary N) is 1. The summed E-state index contributed by atoms with van der Waals surface area (Å²) in [4.78, 5) is 11.6. The van der Waals surface area contributed by atoms with Crippen molar-refractivity contribution in [3.8, 4) is 0 Å². The first kappa shape index (κ1) is 18.0. The van der Waals surface area contributed by atoms with Crippen molar-refractivity contribution in [1.82, 2.24) is 0 Å². The molecule has 118 valence electrons. The number of alkyl halides is 1. The van der Waals surface area contributed by atoms with E-state index in [2.05, 4.69) is 21.2 Å². The van der Waals surface area contributed by atoms with Gasteiger partial charge >= 0.3 is 0 Å². The van der Waals surface area contributed by atoms with Crippen molar-refractivity contribution in [2.45, 2.75) is 44.9 Å². The minimum Gasteiger partial charge on any atom is -0.321 e. The number of carbonyl (C=O) groups excluding carboxylic acids is 1. The highest BCUT2D eigenvalue weighted by atomic mass is 79.9. The lowest BCUT2D eigenvalue weighted by atomic mass is 10.1. The normalized spacial score (nSPS) is 10.7. The third kappa shape index (κ3) is 6.98. The first-order valence-electron chi connectivity index (χ1n) is 7.05. The molecular formula is C15H19BrF3NO. The Balaban J connectivity index is 2.28. The Morgan fingerprint density at radius 3 is 2.05 bits per heavy atom. The fraction of sp³-hybridized carbons (Fsp3) is 0.533. The lowest BCUT2D eigenvalue weighted by Crippen LogP contribution is -2.14. The molecule has 0 atom stereocenters. The summed E-state index contributed by atoms with van der Waals surface area (Å²) in [7, 11) is 0. The van der Waals surface area contributed by atoms with Crippen LogP contribution in [0, 0.1) is 17.5 Å². The number of hydrogen-bond donors (Lipinski definition) is 1. The molecule has 6 heteroatoms. The molecule has 0 heterocycles. The smallest absolute Gasteiger partial charge is 0.224 e. The van der Waals surface area contributed by atoms with Crippen molar-refractivity contribution in [2.75, 3.05) is 10.6 Å². The Kier molecular flexibility index (Phi) is 8.42. The van der Waals surface area contributed by atoms with Gasteiger partial charge in [-0.3, -0.25) is 4.79 Å². The number of unbranched alkanes of at least 4 members (excludes halogenated alkanes) is 5. The average Bonchev–Trinajstić information content (AvgIpc) is 2.42. The highest BCUT2D eigenvalue weighted by molar-refractivity contribution is 9.09. The third-order valence-electron chi connectivity index (χ3n) is 3.06. The number of benzene rings is 1. The summed E-state index contributed by atoms with van der Waals surface area (Å²) in [6, 6.07) is 1.09. The number of hydrogen-bond acceptors (Lipinski definition) is 1. The van der Waals surface area contributed by atoms with Gasteiger partial charge in [-0.05, 0) is 12.8 Å². The van der Waals surface area contributed by atoms with Crippen molar-refractivity contribution < 1.29 is 18.0 Å². The number of carbonyl (C=O) groups is 1. The summed E-state index contributed by atoms with van der Waals surface area (Å²) in [6.07, 6.45) is 6.24. The fourth-order valence-corrected chi connectivity index (χ4v) is 2.35. The third-order valence-corrected chi connectivity index (χ3v) is 3.62. The molecule has 0 aliphatic carbocycles. The number of anilines is 1. The Morgan fingerprint density at radius 1 is 0.952 bits per heavy atom. The van der Waals surface area contributed by atoms with E-state index in [9.17, 15) is 18.0 Å². The van der Waals surface area contributed by atoms with Crippen molar-refractivity contribution in [1.29, 1.82) is 0 Å². The molecule has 0 bridgehead atoms. The Morgan fingerprint density at radius 2 is 1.48 bits per heavy atom. The predicted molar refractivity (Wildman–Crippen MR) is 81.1 cm³/mol. The van der Waals surface area contributed by atoms with Gasteiger partial charge in [0.2, 0.25) is 5.91 Å². The minimum atomic E-state index is -1.10. The lowest BCUT2D eigenvalue weighted by Gasteiger charge is -2.07. The van der Waals surface area contributed by atoms with Crippen molar-refractivity contribution in [2.24, 2.45) is 0 Å². The van der Waals surface area contributed by atoms with Gasteiger partial charge in [0, 0.05) is 23.9 Å². The molecule has 1 N–H and O–H groups in total. The number of amides is 1. The SMILES string of the molecule is O=C(CCCCCCCCBr)Nc1c(F)cc(F)cc1F.